The van der Waals surface area contributed by atoms with Gasteiger partial charge in [0.15, 0.2) is 0 Å². The highest BCUT2D eigenvalue weighted by Crippen LogP contribution is 2.24. The molecule has 0 atom stereocenters. The number of rotatable bonds is 9. The number of hydrogen-bond acceptors (Lipinski definition) is 6. The summed E-state index contributed by atoms with van der Waals surface area (Å²) in [4.78, 5) is 13.4. The Morgan fingerprint density at radius 3 is 2.50 bits per heavy atom. The van der Waals surface area contributed by atoms with Crippen molar-refractivity contribution < 1.29 is 0 Å². The van der Waals surface area contributed by atoms with Crippen LogP contribution in [0.25, 0.3) is 10.9 Å². The highest BCUT2D eigenvalue weighted by molar-refractivity contribution is 6.32. The molecule has 0 fully saturated rings. The number of unbranched alkanes of at least 4 members (excludes halogenated alkanes) is 1. The van der Waals surface area contributed by atoms with Gasteiger partial charge >= 0.3 is 0 Å². The van der Waals surface area contributed by atoms with Crippen molar-refractivity contribution >= 4 is 59.0 Å². The van der Waals surface area contributed by atoms with Crippen LogP contribution in [-0.2, 0) is 0 Å². The molecule has 3 N–H and O–H groups in total. The van der Waals surface area contributed by atoms with Gasteiger partial charge in [0.25, 0.3) is 0 Å². The van der Waals surface area contributed by atoms with Gasteiger partial charge in [0, 0.05) is 52.8 Å². The minimum absolute atomic E-state index is 0.618. The first-order valence-electron chi connectivity index (χ1n) is 10.6. The summed E-state index contributed by atoms with van der Waals surface area (Å²) in [6.07, 6.45) is 3.79. The van der Waals surface area contributed by atoms with Crippen LogP contribution in [0.3, 0.4) is 0 Å². The largest absolute Gasteiger partial charge is 0.384 e. The molecule has 2 aromatic heterocycles. The van der Waals surface area contributed by atoms with E-state index in [0.717, 1.165) is 65.2 Å². The predicted octanol–water partition coefficient (Wildman–Crippen LogP) is 4.83. The van der Waals surface area contributed by atoms with Gasteiger partial charge in [-0.2, -0.15) is 4.98 Å². The first-order valence-corrected chi connectivity index (χ1v) is 10.9. The van der Waals surface area contributed by atoms with E-state index in [1.165, 1.54) is 0 Å². The highest BCUT2D eigenvalue weighted by Gasteiger charge is 2.04. The van der Waals surface area contributed by atoms with Gasteiger partial charge in [0.2, 0.25) is 5.95 Å². The second kappa shape index (κ2) is 10.3. The molecule has 8 heteroatoms. The number of hydrogen-bond donors (Lipinski definition) is 3. The van der Waals surface area contributed by atoms with E-state index in [-0.39, 0.29) is 0 Å². The summed E-state index contributed by atoms with van der Waals surface area (Å²) < 4.78 is 0. The number of aryl methyl sites for hydroxylation is 1. The SMILES string of the molecule is [B]c1ccc(Nc2cc(C)nc(NCCCCNc3ccnc4cc(Cl)ccc34)n2)cc1. The maximum absolute atomic E-state index is 6.06. The van der Waals surface area contributed by atoms with Crippen molar-refractivity contribution in [2.45, 2.75) is 19.8 Å². The van der Waals surface area contributed by atoms with Gasteiger partial charge in [-0.15, -0.1) is 0 Å². The lowest BCUT2D eigenvalue weighted by atomic mass is 9.96. The van der Waals surface area contributed by atoms with E-state index in [0.29, 0.717) is 11.0 Å². The number of nitrogens with one attached hydrogen (secondary N) is 3. The van der Waals surface area contributed by atoms with E-state index in [9.17, 15) is 0 Å². The zero-order valence-electron chi connectivity index (χ0n) is 17.9. The second-order valence-electron chi connectivity index (χ2n) is 7.55. The average Bonchev–Trinajstić information content (AvgIpc) is 2.77. The summed E-state index contributed by atoms with van der Waals surface area (Å²) in [6.45, 7) is 3.61. The van der Waals surface area contributed by atoms with E-state index in [2.05, 4.69) is 30.9 Å². The third-order valence-electron chi connectivity index (χ3n) is 4.94. The molecule has 0 spiro atoms. The lowest BCUT2D eigenvalue weighted by Gasteiger charge is -2.11. The van der Waals surface area contributed by atoms with Gasteiger partial charge in [-0.3, -0.25) is 4.98 Å². The molecule has 2 heterocycles. The summed E-state index contributed by atoms with van der Waals surface area (Å²) in [6, 6.07) is 17.2. The topological polar surface area (TPSA) is 74.8 Å². The number of halogens is 1. The number of fused-ring (bicyclic) bond motifs is 1. The Labute approximate surface area is 194 Å². The summed E-state index contributed by atoms with van der Waals surface area (Å²) in [5, 5.41) is 11.9. The third-order valence-corrected chi connectivity index (χ3v) is 5.18. The average molecular weight is 443 g/mol. The molecule has 160 valence electrons. The van der Waals surface area contributed by atoms with E-state index < -0.39 is 0 Å². The minimum atomic E-state index is 0.618. The smallest absolute Gasteiger partial charge is 0.224 e. The summed E-state index contributed by atoms with van der Waals surface area (Å²) >= 11 is 6.06. The van der Waals surface area contributed by atoms with Crippen LogP contribution in [0.1, 0.15) is 18.5 Å². The zero-order chi connectivity index (χ0) is 22.3. The van der Waals surface area contributed by atoms with Gasteiger partial charge in [-0.1, -0.05) is 29.2 Å². The fraction of sp³-hybridized carbons (Fsp3) is 0.208. The standard InChI is InChI=1S/C24H24BClN6/c1-16-14-23(31-19-7-4-17(25)5-8-19)32-24(30-16)29-12-3-2-11-27-21-10-13-28-22-15-18(26)6-9-20(21)22/h4-10,13-15H,2-3,11-12H2,1H3,(H,27,28)(H2,29,30,31,32). The minimum Gasteiger partial charge on any atom is -0.384 e. The Kier molecular flexibility index (Phi) is 7.07. The molecule has 0 bridgehead atoms. The van der Waals surface area contributed by atoms with Gasteiger partial charge < -0.3 is 16.0 Å². The van der Waals surface area contributed by atoms with Gasteiger partial charge in [0.1, 0.15) is 13.7 Å². The van der Waals surface area contributed by atoms with Gasteiger partial charge in [-0.25, -0.2) is 4.98 Å². The number of nitrogens with zero attached hydrogens (tertiary/aromatic N) is 3. The molecule has 4 rings (SSSR count). The molecule has 0 aliphatic rings. The molecule has 32 heavy (non-hydrogen) atoms. The number of aromatic nitrogens is 3. The zero-order valence-corrected chi connectivity index (χ0v) is 18.7. The van der Waals surface area contributed by atoms with Crippen LogP contribution in [-0.4, -0.2) is 35.9 Å². The molecule has 0 aliphatic carbocycles. The van der Waals surface area contributed by atoms with Crippen molar-refractivity contribution in [3.8, 4) is 0 Å². The molecule has 2 aromatic carbocycles. The molecular weight excluding hydrogens is 419 g/mol. The van der Waals surface area contributed by atoms with Crippen molar-refractivity contribution in [2.75, 3.05) is 29.0 Å². The Morgan fingerprint density at radius 1 is 0.906 bits per heavy atom. The van der Waals surface area contributed by atoms with Crippen LogP contribution in [0, 0.1) is 6.92 Å². The Morgan fingerprint density at radius 2 is 1.69 bits per heavy atom. The lowest BCUT2D eigenvalue weighted by molar-refractivity contribution is 0.790. The molecule has 4 aromatic rings. The van der Waals surface area contributed by atoms with Crippen LogP contribution in [0.5, 0.6) is 0 Å². The summed E-state index contributed by atoms with van der Waals surface area (Å²) in [5.41, 5.74) is 4.52. The molecule has 0 saturated carbocycles. The van der Waals surface area contributed by atoms with Crippen molar-refractivity contribution in [3.05, 3.63) is 71.5 Å². The van der Waals surface area contributed by atoms with Crippen LogP contribution >= 0.6 is 11.6 Å². The number of anilines is 4. The monoisotopic (exact) mass is 442 g/mol. The summed E-state index contributed by atoms with van der Waals surface area (Å²) in [5.74, 6) is 1.36. The molecule has 0 saturated heterocycles. The maximum Gasteiger partial charge on any atom is 0.224 e. The van der Waals surface area contributed by atoms with Crippen molar-refractivity contribution in [1.82, 2.24) is 15.0 Å². The molecule has 0 unspecified atom stereocenters. The van der Waals surface area contributed by atoms with Crippen LogP contribution in [0.2, 0.25) is 5.02 Å². The fourth-order valence-electron chi connectivity index (χ4n) is 3.37. The van der Waals surface area contributed by atoms with Crippen molar-refractivity contribution in [1.29, 1.82) is 0 Å². The lowest BCUT2D eigenvalue weighted by Crippen LogP contribution is -2.10. The molecular formula is C24H24BClN6. The van der Waals surface area contributed by atoms with E-state index in [4.69, 9.17) is 19.4 Å². The first-order chi connectivity index (χ1) is 15.6. The number of benzene rings is 2. The molecule has 2 radical (unpaired) electrons. The normalized spacial score (nSPS) is 10.8. The van der Waals surface area contributed by atoms with Crippen LogP contribution in [0.15, 0.2) is 60.8 Å². The molecule has 6 nitrogen and oxygen atoms in total. The van der Waals surface area contributed by atoms with Gasteiger partial charge in [0.05, 0.1) is 5.52 Å². The van der Waals surface area contributed by atoms with Gasteiger partial charge in [-0.05, 0) is 56.2 Å². The fourth-order valence-corrected chi connectivity index (χ4v) is 3.54. The van der Waals surface area contributed by atoms with E-state index in [1.807, 2.05) is 61.5 Å². The van der Waals surface area contributed by atoms with Crippen molar-refractivity contribution in [2.24, 2.45) is 0 Å². The third kappa shape index (κ3) is 5.89. The van der Waals surface area contributed by atoms with Crippen molar-refractivity contribution in [3.63, 3.8) is 0 Å². The summed E-state index contributed by atoms with van der Waals surface area (Å²) in [7, 11) is 5.75. The molecule has 0 amide bonds. The Balaban J connectivity index is 1.25. The van der Waals surface area contributed by atoms with E-state index in [1.54, 1.807) is 6.20 Å². The quantitative estimate of drug-likeness (QED) is 0.255. The second-order valence-corrected chi connectivity index (χ2v) is 7.98. The first kappa shape index (κ1) is 21.9. The Hall–Kier alpha value is -3.32. The molecule has 0 aliphatic heterocycles. The number of pyridine rings is 1. The van der Waals surface area contributed by atoms with Crippen LogP contribution in [0.4, 0.5) is 23.1 Å². The maximum atomic E-state index is 6.06. The van der Waals surface area contributed by atoms with Crippen LogP contribution < -0.4 is 21.4 Å². The predicted molar refractivity (Wildman–Crippen MR) is 135 cm³/mol. The van der Waals surface area contributed by atoms with E-state index >= 15 is 0 Å². The highest BCUT2D eigenvalue weighted by atomic mass is 35.5. The Bertz CT molecular complexity index is 1200.